The number of carbonyl (C=O) groups is 2. The number of phenolic OH excluding ortho intramolecular Hbond substituents is 1. The topological polar surface area (TPSA) is 119 Å². The second kappa shape index (κ2) is 11.5. The van der Waals surface area contributed by atoms with Crippen LogP contribution >= 0.6 is 27.5 Å². The Hall–Kier alpha value is -5.20. The van der Waals surface area contributed by atoms with Gasteiger partial charge in [0.2, 0.25) is 0 Å². The van der Waals surface area contributed by atoms with Gasteiger partial charge in [0.05, 0.1) is 35.3 Å². The number of hydrogen-bond acceptors (Lipinski definition) is 6. The van der Waals surface area contributed by atoms with Crippen LogP contribution < -0.4 is 16.8 Å². The molecule has 1 aliphatic carbocycles. The fraction of sp³-hybridized carbons (Fsp3) is 0.167. The van der Waals surface area contributed by atoms with Gasteiger partial charge in [-0.15, -0.1) is 0 Å². The fourth-order valence-electron chi connectivity index (χ4n) is 7.82. The number of carbonyl (C=O) groups excluding carboxylic acids is 2. The average Bonchev–Trinajstić information content (AvgIpc) is 3.48. The quantitative estimate of drug-likeness (QED) is 0.177. The average molecular weight is 743 g/mol. The lowest BCUT2D eigenvalue weighted by Gasteiger charge is -2.49. The number of hydrazine groups is 1. The molecule has 0 unspecified atom stereocenters. The minimum absolute atomic E-state index is 0.00600. The molecule has 2 fully saturated rings. The molecule has 4 atom stereocenters. The Labute approximate surface area is 291 Å². The summed E-state index contributed by atoms with van der Waals surface area (Å²) < 4.78 is 18.2. The van der Waals surface area contributed by atoms with Crippen LogP contribution in [0, 0.1) is 11.7 Å². The summed E-state index contributed by atoms with van der Waals surface area (Å²) in [5.41, 5.74) is 2.23. The first kappa shape index (κ1) is 31.1. The van der Waals surface area contributed by atoms with Crippen molar-refractivity contribution >= 4 is 45.0 Å². The van der Waals surface area contributed by atoms with Gasteiger partial charge >= 0.3 is 11.4 Å². The molecule has 1 aromatic heterocycles. The third-order valence-corrected chi connectivity index (χ3v) is 10.6. The van der Waals surface area contributed by atoms with E-state index >= 15 is 4.79 Å². The molecule has 1 saturated carbocycles. The van der Waals surface area contributed by atoms with Crippen molar-refractivity contribution in [2.24, 2.45) is 5.92 Å². The number of aromatic nitrogens is 3. The molecule has 8 rings (SSSR count). The molecule has 2 N–H and O–H groups in total. The molecular weight excluding hydrogens is 717 g/mol. The van der Waals surface area contributed by atoms with Crippen LogP contribution in [0.15, 0.2) is 123 Å². The number of rotatable bonds is 5. The molecule has 1 saturated heterocycles. The molecule has 4 aromatic carbocycles. The highest BCUT2D eigenvalue weighted by Crippen LogP contribution is 2.63. The first-order chi connectivity index (χ1) is 23.6. The molecule has 0 radical (unpaired) electrons. The molecule has 5 aromatic rings. The van der Waals surface area contributed by atoms with Crippen LogP contribution in [0.4, 0.5) is 10.1 Å². The third kappa shape index (κ3) is 4.57. The summed E-state index contributed by atoms with van der Waals surface area (Å²) in [6.45, 7) is 0.00600. The van der Waals surface area contributed by atoms with Crippen molar-refractivity contribution in [3.05, 3.63) is 156 Å². The van der Waals surface area contributed by atoms with Gasteiger partial charge in [0, 0.05) is 21.0 Å². The van der Waals surface area contributed by atoms with Gasteiger partial charge in [-0.25, -0.2) is 27.9 Å². The molecule has 0 spiro atoms. The van der Waals surface area contributed by atoms with Gasteiger partial charge in [-0.3, -0.25) is 15.0 Å². The predicted octanol–water partition coefficient (Wildman–Crippen LogP) is 5.68. The molecule has 246 valence electrons. The Morgan fingerprint density at radius 3 is 2.33 bits per heavy atom. The van der Waals surface area contributed by atoms with Crippen molar-refractivity contribution in [1.29, 1.82) is 0 Å². The number of halogens is 3. The van der Waals surface area contributed by atoms with Crippen LogP contribution in [-0.4, -0.2) is 35.9 Å². The van der Waals surface area contributed by atoms with E-state index in [1.54, 1.807) is 66.7 Å². The van der Waals surface area contributed by atoms with E-state index in [1.807, 2.05) is 6.08 Å². The summed E-state index contributed by atoms with van der Waals surface area (Å²) in [4.78, 5) is 57.7. The monoisotopic (exact) mass is 741 g/mol. The number of para-hydroxylation sites is 1. The summed E-state index contributed by atoms with van der Waals surface area (Å²) in [5, 5.41) is 12.8. The molecule has 13 heteroatoms. The zero-order chi connectivity index (χ0) is 34.2. The number of anilines is 1. The summed E-state index contributed by atoms with van der Waals surface area (Å²) in [6.07, 6.45) is 1.79. The third-order valence-electron chi connectivity index (χ3n) is 9.83. The highest BCUT2D eigenvalue weighted by atomic mass is 79.9. The van der Waals surface area contributed by atoms with E-state index in [9.17, 15) is 23.9 Å². The number of hydrogen-bond donors (Lipinski definition) is 2. The molecule has 3 aliphatic rings. The van der Waals surface area contributed by atoms with Gasteiger partial charge < -0.3 is 5.11 Å². The van der Waals surface area contributed by atoms with Crippen LogP contribution in [0.5, 0.6) is 5.75 Å². The maximum atomic E-state index is 15.1. The number of imide groups is 1. The van der Waals surface area contributed by atoms with Gasteiger partial charge in [0.1, 0.15) is 11.6 Å². The minimum Gasteiger partial charge on any atom is -0.508 e. The number of allylic oxidation sites excluding steroid dienone is 2. The zero-order valence-electron chi connectivity index (χ0n) is 25.5. The van der Waals surface area contributed by atoms with E-state index < -0.39 is 52.3 Å². The molecule has 3 heterocycles. The molecular formula is C36H26BrClFN5O5. The zero-order valence-corrected chi connectivity index (χ0v) is 27.8. The predicted molar refractivity (Wildman–Crippen MR) is 183 cm³/mol. The van der Waals surface area contributed by atoms with Crippen LogP contribution in [0.2, 0.25) is 5.02 Å². The summed E-state index contributed by atoms with van der Waals surface area (Å²) in [7, 11) is 0. The van der Waals surface area contributed by atoms with Crippen molar-refractivity contribution in [2.45, 2.75) is 30.3 Å². The first-order valence-electron chi connectivity index (χ1n) is 15.5. The lowest BCUT2D eigenvalue weighted by molar-refractivity contribution is -0.138. The van der Waals surface area contributed by atoms with Crippen molar-refractivity contribution in [3.8, 4) is 11.4 Å². The van der Waals surface area contributed by atoms with Crippen molar-refractivity contribution in [1.82, 2.24) is 18.9 Å². The number of nitrogens with one attached hydrogen (secondary N) is 1. The molecule has 2 aliphatic heterocycles. The minimum atomic E-state index is -1.64. The van der Waals surface area contributed by atoms with Crippen LogP contribution in [-0.2, 0) is 21.5 Å². The van der Waals surface area contributed by atoms with E-state index in [-0.39, 0.29) is 18.7 Å². The molecule has 49 heavy (non-hydrogen) atoms. The lowest BCUT2D eigenvalue weighted by atomic mass is 9.53. The maximum absolute atomic E-state index is 15.1. The smallest absolute Gasteiger partial charge is 0.352 e. The van der Waals surface area contributed by atoms with Crippen LogP contribution in [0.3, 0.4) is 0 Å². The maximum Gasteiger partial charge on any atom is 0.352 e. The van der Waals surface area contributed by atoms with E-state index in [0.717, 1.165) is 9.58 Å². The lowest BCUT2D eigenvalue weighted by Crippen LogP contribution is -2.53. The Kier molecular flexibility index (Phi) is 7.27. The Balaban J connectivity index is 1.39. The number of aromatic hydroxyl groups is 1. The van der Waals surface area contributed by atoms with E-state index in [0.29, 0.717) is 37.6 Å². The Bertz CT molecular complexity index is 2320. The second-order valence-corrected chi connectivity index (χ2v) is 13.6. The van der Waals surface area contributed by atoms with Gasteiger partial charge in [0.25, 0.3) is 11.8 Å². The van der Waals surface area contributed by atoms with Gasteiger partial charge in [-0.2, -0.15) is 5.01 Å². The van der Waals surface area contributed by atoms with Gasteiger partial charge in [0.15, 0.2) is 0 Å². The summed E-state index contributed by atoms with van der Waals surface area (Å²) >= 11 is 9.84. The summed E-state index contributed by atoms with van der Waals surface area (Å²) in [6, 6.07) is 24.5. The van der Waals surface area contributed by atoms with Gasteiger partial charge in [-0.1, -0.05) is 63.9 Å². The van der Waals surface area contributed by atoms with E-state index in [2.05, 4.69) is 21.4 Å². The fourth-order valence-corrected chi connectivity index (χ4v) is 8.32. The summed E-state index contributed by atoms with van der Waals surface area (Å²) in [5.74, 6) is -3.87. The number of fused-ring (bicyclic) bond motifs is 4. The Morgan fingerprint density at radius 2 is 1.61 bits per heavy atom. The van der Waals surface area contributed by atoms with Crippen molar-refractivity contribution in [3.63, 3.8) is 0 Å². The standard InChI is InChI=1S/C36H26BrClFN5O5/c37-21-8-15-30(45)27(18-21)31-26-16-17-41-34(48)42(25-4-2-1-3-5-25)35(49)44(41)29(26)19-28-32(46)43(40-24-13-11-23(39)12-14-24)33(47)36(28,31)20-6-9-22(38)10-7-20/h1-16,18,28-29,31,40,45H,17,19H2/t28-,29+,31+,36+/m0/s1. The normalized spacial score (nSPS) is 22.7. The van der Waals surface area contributed by atoms with Gasteiger partial charge in [-0.05, 0) is 84.3 Å². The SMILES string of the molecule is O=C1[C@@H]2C[C@@H]3C(=CCn4c(=O)n(-c5ccccc5)c(=O)n43)[C@H](c3cc(Br)ccc3O)[C@]2(c2ccc(Cl)cc2)C(=O)N1Nc1ccc(F)cc1. The van der Waals surface area contributed by atoms with Crippen LogP contribution in [0.1, 0.15) is 29.5 Å². The number of benzene rings is 4. The highest BCUT2D eigenvalue weighted by Gasteiger charge is 2.69. The van der Waals surface area contributed by atoms with Crippen molar-refractivity contribution < 1.29 is 19.1 Å². The highest BCUT2D eigenvalue weighted by molar-refractivity contribution is 9.10. The second-order valence-electron chi connectivity index (χ2n) is 12.3. The molecule has 0 bridgehead atoms. The largest absolute Gasteiger partial charge is 0.508 e. The molecule has 2 amide bonds. The number of nitrogens with zero attached hydrogens (tertiary/aromatic N) is 4. The number of phenols is 1. The number of amides is 2. The molecule has 10 nitrogen and oxygen atoms in total. The van der Waals surface area contributed by atoms with E-state index in [1.165, 1.54) is 39.7 Å². The van der Waals surface area contributed by atoms with E-state index in [4.69, 9.17) is 11.6 Å². The van der Waals surface area contributed by atoms with Crippen molar-refractivity contribution in [2.75, 3.05) is 5.43 Å². The first-order valence-corrected chi connectivity index (χ1v) is 16.6. The van der Waals surface area contributed by atoms with Crippen LogP contribution in [0.25, 0.3) is 5.69 Å². The Morgan fingerprint density at radius 1 is 0.898 bits per heavy atom.